The molecular formula is C22H14N4O. The van der Waals surface area contributed by atoms with E-state index in [0.29, 0.717) is 28.5 Å². The van der Waals surface area contributed by atoms with E-state index >= 15 is 0 Å². The van der Waals surface area contributed by atoms with Gasteiger partial charge in [0, 0.05) is 11.6 Å². The number of imidazole rings is 1. The molecule has 0 spiro atoms. The molecule has 0 bridgehead atoms. The Morgan fingerprint density at radius 2 is 1.96 bits per heavy atom. The van der Waals surface area contributed by atoms with Crippen LogP contribution in [0.15, 0.2) is 59.0 Å². The molecule has 5 nitrogen and oxygen atoms in total. The molecule has 2 heterocycles. The average molecular weight is 350 g/mol. The first-order chi connectivity index (χ1) is 13.2. The van der Waals surface area contributed by atoms with Crippen LogP contribution in [0, 0.1) is 29.6 Å². The first kappa shape index (κ1) is 16.4. The van der Waals surface area contributed by atoms with E-state index in [4.69, 9.17) is 4.42 Å². The summed E-state index contributed by atoms with van der Waals surface area (Å²) >= 11 is 0. The lowest BCUT2D eigenvalue weighted by Crippen LogP contribution is -1.84. The van der Waals surface area contributed by atoms with Gasteiger partial charge in [0.05, 0.1) is 28.2 Å². The van der Waals surface area contributed by atoms with Crippen LogP contribution >= 0.6 is 0 Å². The Hall–Kier alpha value is -4.09. The maximum Gasteiger partial charge on any atom is 0.149 e. The Morgan fingerprint density at radius 1 is 1.11 bits per heavy atom. The summed E-state index contributed by atoms with van der Waals surface area (Å²) in [5.74, 6) is 1.59. The van der Waals surface area contributed by atoms with E-state index in [9.17, 15) is 10.5 Å². The van der Waals surface area contributed by atoms with Crippen molar-refractivity contribution in [3.8, 4) is 23.5 Å². The van der Waals surface area contributed by atoms with Gasteiger partial charge in [0.2, 0.25) is 0 Å². The van der Waals surface area contributed by atoms with Crippen molar-refractivity contribution in [1.29, 1.82) is 10.5 Å². The van der Waals surface area contributed by atoms with E-state index in [2.05, 4.69) is 22.1 Å². The Bertz CT molecular complexity index is 1260. The fourth-order valence-corrected chi connectivity index (χ4v) is 2.92. The maximum atomic E-state index is 9.56. The standard InChI is InChI=1S/C22H14N4O/c1-14-6-8-19-20(10-14)26-22(25-19)16(13-24)11-17-7-9-21(27-17)18-5-3-2-4-15(18)12-23/h2-11H,1H3,(H,25,26). The second-order valence-corrected chi connectivity index (χ2v) is 6.14. The van der Waals surface area contributed by atoms with Gasteiger partial charge in [-0.15, -0.1) is 0 Å². The number of nitrogens with zero attached hydrogens (tertiary/aromatic N) is 3. The summed E-state index contributed by atoms with van der Waals surface area (Å²) in [6.07, 6.45) is 1.64. The summed E-state index contributed by atoms with van der Waals surface area (Å²) in [4.78, 5) is 7.66. The highest BCUT2D eigenvalue weighted by Gasteiger charge is 2.11. The van der Waals surface area contributed by atoms with Gasteiger partial charge in [-0.05, 0) is 48.9 Å². The van der Waals surface area contributed by atoms with Crippen LogP contribution in [0.4, 0.5) is 0 Å². The lowest BCUT2D eigenvalue weighted by Gasteiger charge is -1.99. The van der Waals surface area contributed by atoms with E-state index < -0.39 is 0 Å². The van der Waals surface area contributed by atoms with Crippen LogP contribution in [0.25, 0.3) is 34.0 Å². The number of aromatic nitrogens is 2. The highest BCUT2D eigenvalue weighted by Crippen LogP contribution is 2.27. The number of benzene rings is 2. The smallest absolute Gasteiger partial charge is 0.149 e. The lowest BCUT2D eigenvalue weighted by molar-refractivity contribution is 0.572. The summed E-state index contributed by atoms with van der Waals surface area (Å²) in [5.41, 5.74) is 4.44. The Labute approximate surface area is 155 Å². The minimum absolute atomic E-state index is 0.373. The molecule has 0 saturated carbocycles. The summed E-state index contributed by atoms with van der Waals surface area (Å²) in [7, 11) is 0. The third-order valence-electron chi connectivity index (χ3n) is 4.24. The Morgan fingerprint density at radius 3 is 2.78 bits per heavy atom. The van der Waals surface area contributed by atoms with Crippen LogP contribution < -0.4 is 0 Å². The van der Waals surface area contributed by atoms with Gasteiger partial charge >= 0.3 is 0 Å². The van der Waals surface area contributed by atoms with Crippen LogP contribution in [-0.4, -0.2) is 9.97 Å². The highest BCUT2D eigenvalue weighted by atomic mass is 16.3. The zero-order valence-corrected chi connectivity index (χ0v) is 14.5. The first-order valence-corrected chi connectivity index (χ1v) is 8.36. The number of allylic oxidation sites excluding steroid dienone is 1. The molecule has 4 rings (SSSR count). The van der Waals surface area contributed by atoms with E-state index in [1.807, 2.05) is 43.3 Å². The summed E-state index contributed by atoms with van der Waals surface area (Å²) in [6.45, 7) is 2.00. The van der Waals surface area contributed by atoms with Crippen molar-refractivity contribution < 1.29 is 4.42 Å². The second-order valence-electron chi connectivity index (χ2n) is 6.14. The first-order valence-electron chi connectivity index (χ1n) is 8.36. The third kappa shape index (κ3) is 3.10. The van der Waals surface area contributed by atoms with Crippen molar-refractivity contribution in [3.63, 3.8) is 0 Å². The van der Waals surface area contributed by atoms with Crippen molar-refractivity contribution in [2.24, 2.45) is 0 Å². The molecule has 2 aromatic heterocycles. The average Bonchev–Trinajstić information content (AvgIpc) is 3.32. The third-order valence-corrected chi connectivity index (χ3v) is 4.24. The van der Waals surface area contributed by atoms with Crippen LogP contribution in [0.5, 0.6) is 0 Å². The maximum absolute atomic E-state index is 9.56. The molecule has 4 aromatic rings. The van der Waals surface area contributed by atoms with Gasteiger partial charge in [-0.3, -0.25) is 0 Å². The van der Waals surface area contributed by atoms with Crippen LogP contribution in [0.1, 0.15) is 22.7 Å². The number of nitrogens with one attached hydrogen (secondary N) is 1. The minimum atomic E-state index is 0.373. The topological polar surface area (TPSA) is 89.4 Å². The molecule has 0 atom stereocenters. The number of aryl methyl sites for hydroxylation is 1. The van der Waals surface area contributed by atoms with E-state index in [0.717, 1.165) is 22.2 Å². The summed E-state index contributed by atoms with van der Waals surface area (Å²) < 4.78 is 5.84. The highest BCUT2D eigenvalue weighted by molar-refractivity contribution is 5.89. The fraction of sp³-hybridized carbons (Fsp3) is 0.0455. The number of furan rings is 1. The predicted octanol–water partition coefficient (Wildman–Crippen LogP) is 5.07. The van der Waals surface area contributed by atoms with Gasteiger partial charge in [-0.1, -0.05) is 18.2 Å². The van der Waals surface area contributed by atoms with Gasteiger partial charge in [0.25, 0.3) is 0 Å². The number of rotatable bonds is 3. The minimum Gasteiger partial charge on any atom is -0.457 e. The molecule has 0 amide bonds. The van der Waals surface area contributed by atoms with Crippen LogP contribution in [-0.2, 0) is 0 Å². The van der Waals surface area contributed by atoms with Gasteiger partial charge in [0.1, 0.15) is 23.4 Å². The summed E-state index contributed by atoms with van der Waals surface area (Å²) in [5, 5.41) is 18.8. The molecule has 0 saturated heterocycles. The Kier molecular flexibility index (Phi) is 4.04. The van der Waals surface area contributed by atoms with Crippen molar-refractivity contribution >= 4 is 22.7 Å². The molecule has 0 fully saturated rings. The van der Waals surface area contributed by atoms with Gasteiger partial charge < -0.3 is 9.40 Å². The van der Waals surface area contributed by atoms with Crippen LogP contribution in [0.3, 0.4) is 0 Å². The molecule has 0 radical (unpaired) electrons. The molecule has 0 aliphatic rings. The molecule has 0 aliphatic carbocycles. The molecule has 0 aliphatic heterocycles. The molecule has 27 heavy (non-hydrogen) atoms. The monoisotopic (exact) mass is 350 g/mol. The van der Waals surface area contributed by atoms with Gasteiger partial charge in [-0.2, -0.15) is 10.5 Å². The van der Waals surface area contributed by atoms with Crippen molar-refractivity contribution in [2.75, 3.05) is 0 Å². The molecule has 128 valence electrons. The zero-order chi connectivity index (χ0) is 18.8. The van der Waals surface area contributed by atoms with Crippen molar-refractivity contribution in [3.05, 3.63) is 77.3 Å². The lowest BCUT2D eigenvalue weighted by atomic mass is 10.1. The van der Waals surface area contributed by atoms with E-state index in [-0.39, 0.29) is 0 Å². The number of H-pyrrole nitrogens is 1. The molecule has 1 N–H and O–H groups in total. The van der Waals surface area contributed by atoms with Gasteiger partial charge in [-0.25, -0.2) is 4.98 Å². The van der Waals surface area contributed by atoms with E-state index in [1.165, 1.54) is 0 Å². The largest absolute Gasteiger partial charge is 0.457 e. The SMILES string of the molecule is Cc1ccc2nc(C(C#N)=Cc3ccc(-c4ccccc4C#N)o3)[nH]c2c1. The number of aromatic amines is 1. The number of hydrogen-bond acceptors (Lipinski definition) is 4. The predicted molar refractivity (Wildman–Crippen MR) is 103 cm³/mol. The second kappa shape index (κ2) is 6.67. The normalized spacial score (nSPS) is 11.3. The van der Waals surface area contributed by atoms with Crippen LogP contribution in [0.2, 0.25) is 0 Å². The summed E-state index contributed by atoms with van der Waals surface area (Å²) in [6, 6.07) is 21.0. The molecule has 5 heteroatoms. The number of hydrogen-bond donors (Lipinski definition) is 1. The van der Waals surface area contributed by atoms with E-state index in [1.54, 1.807) is 24.3 Å². The fourth-order valence-electron chi connectivity index (χ4n) is 2.92. The molecule has 2 aromatic carbocycles. The number of fused-ring (bicyclic) bond motifs is 1. The van der Waals surface area contributed by atoms with Crippen molar-refractivity contribution in [1.82, 2.24) is 9.97 Å². The molecular weight excluding hydrogens is 336 g/mol. The van der Waals surface area contributed by atoms with Crippen molar-refractivity contribution in [2.45, 2.75) is 6.92 Å². The Balaban J connectivity index is 1.72. The van der Waals surface area contributed by atoms with Gasteiger partial charge in [0.15, 0.2) is 0 Å². The number of nitriles is 2. The quantitative estimate of drug-likeness (QED) is 0.523. The molecule has 0 unspecified atom stereocenters. The zero-order valence-electron chi connectivity index (χ0n) is 14.5.